The van der Waals surface area contributed by atoms with Gasteiger partial charge in [0.25, 0.3) is 0 Å². The van der Waals surface area contributed by atoms with Crippen LogP contribution < -0.4 is 4.74 Å². The van der Waals surface area contributed by atoms with Crippen LogP contribution in [-0.2, 0) is 6.61 Å². The second-order valence-electron chi connectivity index (χ2n) is 4.44. The molecule has 4 nitrogen and oxygen atoms in total. The highest BCUT2D eigenvalue weighted by Crippen LogP contribution is 2.31. The van der Waals surface area contributed by atoms with E-state index in [4.69, 9.17) is 21.4 Å². The number of aromatic carboxylic acids is 1. The van der Waals surface area contributed by atoms with Crippen LogP contribution in [-0.4, -0.2) is 16.9 Å². The Bertz CT molecular complexity index is 737. The number of carboxylic acids is 1. The standard InChI is InChI=1S/C15H9ClO4/c16-10-3-4-11-13(6-10)20-7-9-2-1-8(15(18)19)5-12(9)14(11)17/h1-6H,7H2,(H,18,19). The third kappa shape index (κ3) is 2.04. The van der Waals surface area contributed by atoms with Crippen LogP contribution in [0.5, 0.6) is 5.75 Å². The molecule has 1 aliphatic rings. The lowest BCUT2D eigenvalue weighted by Gasteiger charge is -2.05. The quantitative estimate of drug-likeness (QED) is 0.875. The van der Waals surface area contributed by atoms with Crippen molar-refractivity contribution in [3.05, 3.63) is 63.7 Å². The van der Waals surface area contributed by atoms with Crippen LogP contribution in [0, 0.1) is 0 Å². The number of carbonyl (C=O) groups is 2. The number of ether oxygens (including phenoxy) is 1. The van der Waals surface area contributed by atoms with E-state index in [9.17, 15) is 9.59 Å². The largest absolute Gasteiger partial charge is 0.488 e. The number of hydrogen-bond acceptors (Lipinski definition) is 3. The smallest absolute Gasteiger partial charge is 0.335 e. The Morgan fingerprint density at radius 1 is 1.15 bits per heavy atom. The Morgan fingerprint density at radius 2 is 1.95 bits per heavy atom. The van der Waals surface area contributed by atoms with Crippen molar-refractivity contribution in [2.75, 3.05) is 0 Å². The van der Waals surface area contributed by atoms with E-state index in [1.54, 1.807) is 24.3 Å². The SMILES string of the molecule is O=C(O)c1ccc2c(c1)C(=O)c1ccc(Cl)cc1OC2. The number of hydrogen-bond donors (Lipinski definition) is 1. The van der Waals surface area contributed by atoms with Gasteiger partial charge in [-0.05, 0) is 30.3 Å². The van der Waals surface area contributed by atoms with Crippen LogP contribution in [0.25, 0.3) is 0 Å². The van der Waals surface area contributed by atoms with Gasteiger partial charge < -0.3 is 9.84 Å². The molecule has 0 aromatic heterocycles. The zero-order valence-electron chi connectivity index (χ0n) is 10.2. The molecule has 0 aliphatic carbocycles. The molecule has 0 spiro atoms. The Kier molecular flexibility index (Phi) is 2.95. The van der Waals surface area contributed by atoms with Crippen LogP contribution in [0.1, 0.15) is 31.8 Å². The topological polar surface area (TPSA) is 63.6 Å². The van der Waals surface area contributed by atoms with Gasteiger partial charge in [-0.25, -0.2) is 4.79 Å². The summed E-state index contributed by atoms with van der Waals surface area (Å²) in [6, 6.07) is 9.22. The molecule has 2 aromatic carbocycles. The minimum Gasteiger partial charge on any atom is -0.488 e. The lowest BCUT2D eigenvalue weighted by atomic mass is 9.97. The fourth-order valence-electron chi connectivity index (χ4n) is 2.15. The average Bonchev–Trinajstić information content (AvgIpc) is 2.56. The van der Waals surface area contributed by atoms with E-state index in [0.29, 0.717) is 27.5 Å². The molecule has 0 saturated heterocycles. The maximum absolute atomic E-state index is 12.5. The first-order valence-electron chi connectivity index (χ1n) is 5.89. The molecule has 1 N–H and O–H groups in total. The predicted molar refractivity (Wildman–Crippen MR) is 72.6 cm³/mol. The van der Waals surface area contributed by atoms with Gasteiger partial charge in [0.15, 0.2) is 5.78 Å². The van der Waals surface area contributed by atoms with Crippen molar-refractivity contribution in [2.24, 2.45) is 0 Å². The molecule has 0 amide bonds. The Balaban J connectivity index is 2.17. The average molecular weight is 289 g/mol. The van der Waals surface area contributed by atoms with Gasteiger partial charge in [-0.3, -0.25) is 4.79 Å². The van der Waals surface area contributed by atoms with Gasteiger partial charge in [-0.1, -0.05) is 17.7 Å². The fraction of sp³-hybridized carbons (Fsp3) is 0.0667. The van der Waals surface area contributed by atoms with Gasteiger partial charge in [-0.15, -0.1) is 0 Å². The number of rotatable bonds is 1. The predicted octanol–water partition coefficient (Wildman–Crippen LogP) is 3.16. The summed E-state index contributed by atoms with van der Waals surface area (Å²) in [5.41, 5.74) is 1.48. The first kappa shape index (κ1) is 12.7. The molecule has 1 heterocycles. The van der Waals surface area contributed by atoms with Crippen LogP contribution >= 0.6 is 11.6 Å². The highest BCUT2D eigenvalue weighted by Gasteiger charge is 2.23. The van der Waals surface area contributed by atoms with Crippen molar-refractivity contribution in [2.45, 2.75) is 6.61 Å². The third-order valence-corrected chi connectivity index (χ3v) is 3.41. The zero-order chi connectivity index (χ0) is 14.3. The Labute approximate surface area is 119 Å². The van der Waals surface area contributed by atoms with Crippen molar-refractivity contribution in [1.29, 1.82) is 0 Å². The van der Waals surface area contributed by atoms with Gasteiger partial charge in [0.1, 0.15) is 12.4 Å². The van der Waals surface area contributed by atoms with E-state index >= 15 is 0 Å². The normalized spacial score (nSPS) is 12.9. The summed E-state index contributed by atoms with van der Waals surface area (Å²) >= 11 is 5.89. The summed E-state index contributed by atoms with van der Waals surface area (Å²) in [7, 11) is 0. The molecular formula is C15H9ClO4. The number of benzene rings is 2. The molecule has 0 radical (unpaired) electrons. The van der Waals surface area contributed by atoms with Crippen molar-refractivity contribution >= 4 is 23.4 Å². The lowest BCUT2D eigenvalue weighted by Crippen LogP contribution is -2.06. The summed E-state index contributed by atoms with van der Waals surface area (Å²) < 4.78 is 5.57. The first-order valence-corrected chi connectivity index (χ1v) is 6.27. The number of fused-ring (bicyclic) bond motifs is 2. The molecule has 2 aromatic rings. The molecule has 100 valence electrons. The van der Waals surface area contributed by atoms with Gasteiger partial charge in [0.2, 0.25) is 0 Å². The maximum Gasteiger partial charge on any atom is 0.335 e. The number of carboxylic acid groups (broad SMARTS) is 1. The van der Waals surface area contributed by atoms with Crippen LogP contribution in [0.2, 0.25) is 5.02 Å². The van der Waals surface area contributed by atoms with Crippen LogP contribution in [0.15, 0.2) is 36.4 Å². The van der Waals surface area contributed by atoms with E-state index in [-0.39, 0.29) is 18.0 Å². The summed E-state index contributed by atoms with van der Waals surface area (Å²) in [6.45, 7) is 0.203. The van der Waals surface area contributed by atoms with Crippen molar-refractivity contribution in [1.82, 2.24) is 0 Å². The molecule has 0 unspecified atom stereocenters. The number of ketones is 1. The van der Waals surface area contributed by atoms with Gasteiger partial charge in [0, 0.05) is 16.1 Å². The summed E-state index contributed by atoms with van der Waals surface area (Å²) in [5, 5.41) is 9.49. The molecule has 0 saturated carbocycles. The number of halogens is 1. The van der Waals surface area contributed by atoms with E-state index in [1.807, 2.05) is 0 Å². The molecule has 1 aliphatic heterocycles. The molecule has 3 rings (SSSR count). The maximum atomic E-state index is 12.5. The molecule has 20 heavy (non-hydrogen) atoms. The second-order valence-corrected chi connectivity index (χ2v) is 4.87. The third-order valence-electron chi connectivity index (χ3n) is 3.17. The van der Waals surface area contributed by atoms with Crippen molar-refractivity contribution in [3.8, 4) is 5.75 Å². The highest BCUT2D eigenvalue weighted by molar-refractivity contribution is 6.31. The highest BCUT2D eigenvalue weighted by atomic mass is 35.5. The second kappa shape index (κ2) is 4.65. The van der Waals surface area contributed by atoms with E-state index in [0.717, 1.165) is 0 Å². The summed E-state index contributed by atoms with van der Waals surface area (Å²) in [4.78, 5) is 23.5. The van der Waals surface area contributed by atoms with E-state index < -0.39 is 5.97 Å². The van der Waals surface area contributed by atoms with Crippen molar-refractivity contribution in [3.63, 3.8) is 0 Å². The first-order chi connectivity index (χ1) is 9.56. The Morgan fingerprint density at radius 3 is 2.70 bits per heavy atom. The van der Waals surface area contributed by atoms with Crippen LogP contribution in [0.4, 0.5) is 0 Å². The summed E-state index contributed by atoms with van der Waals surface area (Å²) in [6.07, 6.45) is 0. The molecule has 5 heteroatoms. The van der Waals surface area contributed by atoms with Crippen LogP contribution in [0.3, 0.4) is 0 Å². The fourth-order valence-corrected chi connectivity index (χ4v) is 2.31. The lowest BCUT2D eigenvalue weighted by molar-refractivity contribution is 0.0697. The zero-order valence-corrected chi connectivity index (χ0v) is 11.0. The minimum absolute atomic E-state index is 0.0783. The molecule has 0 atom stereocenters. The van der Waals surface area contributed by atoms with Gasteiger partial charge in [0.05, 0.1) is 11.1 Å². The minimum atomic E-state index is -1.07. The van der Waals surface area contributed by atoms with Crippen molar-refractivity contribution < 1.29 is 19.4 Å². The summed E-state index contributed by atoms with van der Waals surface area (Å²) in [5.74, 6) is -0.912. The molecule has 0 bridgehead atoms. The molecule has 0 fully saturated rings. The number of carbonyl (C=O) groups excluding carboxylic acids is 1. The monoisotopic (exact) mass is 288 g/mol. The van der Waals surface area contributed by atoms with Gasteiger partial charge in [-0.2, -0.15) is 0 Å². The Hall–Kier alpha value is -2.33. The van der Waals surface area contributed by atoms with E-state index in [1.165, 1.54) is 12.1 Å². The van der Waals surface area contributed by atoms with Gasteiger partial charge >= 0.3 is 5.97 Å². The van der Waals surface area contributed by atoms with E-state index in [2.05, 4.69) is 0 Å². The molecular weight excluding hydrogens is 280 g/mol.